The molecule has 0 aromatic rings. The van der Waals surface area contributed by atoms with Gasteiger partial charge in [0.25, 0.3) is 0 Å². The molecule has 1 amide bonds. The van der Waals surface area contributed by atoms with Crippen molar-refractivity contribution in [2.24, 2.45) is 15.9 Å². The Morgan fingerprint density at radius 2 is 2.55 bits per heavy atom. The molecule has 4 nitrogen and oxygen atoms in total. The molecule has 2 aliphatic rings. The van der Waals surface area contributed by atoms with Gasteiger partial charge in [0.05, 0.1) is 12.5 Å². The Morgan fingerprint density at radius 1 is 1.64 bits per heavy atom. The zero-order chi connectivity index (χ0) is 7.68. The molecule has 4 heteroatoms. The van der Waals surface area contributed by atoms with Crippen molar-refractivity contribution >= 4 is 17.8 Å². The Hall–Kier alpha value is -1.19. The van der Waals surface area contributed by atoms with Crippen molar-refractivity contribution in [3.05, 3.63) is 0 Å². The summed E-state index contributed by atoms with van der Waals surface area (Å²) < 4.78 is 0. The smallest absolute Gasteiger partial charge is 0.230 e. The minimum absolute atomic E-state index is 0.0266. The molecule has 2 rings (SSSR count). The Balaban J connectivity index is 2.27. The molecule has 0 aromatic heterocycles. The molecule has 0 spiro atoms. The number of carbonyl (C=O) groups is 1. The van der Waals surface area contributed by atoms with E-state index < -0.39 is 0 Å². The van der Waals surface area contributed by atoms with Crippen LogP contribution in [0.5, 0.6) is 0 Å². The van der Waals surface area contributed by atoms with Gasteiger partial charge in [0.2, 0.25) is 5.91 Å². The molecule has 2 heterocycles. The molecule has 0 saturated carbocycles. The number of hydrogen-bond donors (Lipinski definition) is 1. The van der Waals surface area contributed by atoms with Gasteiger partial charge in [-0.05, 0) is 6.42 Å². The van der Waals surface area contributed by atoms with Gasteiger partial charge in [0, 0.05) is 11.9 Å². The minimum atomic E-state index is -0.0266. The molecule has 1 atom stereocenters. The van der Waals surface area contributed by atoms with Crippen LogP contribution in [0.1, 0.15) is 6.42 Å². The largest absolute Gasteiger partial charge is 0.336 e. The van der Waals surface area contributed by atoms with Crippen molar-refractivity contribution in [2.45, 2.75) is 6.42 Å². The summed E-state index contributed by atoms with van der Waals surface area (Å²) in [5.74, 6) is 0.0717. The van der Waals surface area contributed by atoms with E-state index in [0.29, 0.717) is 19.6 Å². The molecule has 58 valence electrons. The molecule has 1 N–H and O–H groups in total. The highest BCUT2D eigenvalue weighted by atomic mass is 16.2. The average Bonchev–Trinajstić information content (AvgIpc) is 2.06. The number of nitrogens with zero attached hydrogens (tertiary/aromatic N) is 2. The first-order valence-electron chi connectivity index (χ1n) is 3.67. The molecule has 0 saturated heterocycles. The summed E-state index contributed by atoms with van der Waals surface area (Å²) in [6, 6.07) is 0. The van der Waals surface area contributed by atoms with Crippen molar-refractivity contribution < 1.29 is 4.79 Å². The molecule has 0 bridgehead atoms. The van der Waals surface area contributed by atoms with Crippen molar-refractivity contribution in [1.29, 1.82) is 0 Å². The lowest BCUT2D eigenvalue weighted by atomic mass is 9.96. The maximum atomic E-state index is 11.2. The topological polar surface area (TPSA) is 53.8 Å². The number of aliphatic imine (C=N–C) groups is 2. The minimum Gasteiger partial charge on any atom is -0.336 e. The average molecular weight is 151 g/mol. The van der Waals surface area contributed by atoms with Crippen LogP contribution in [0, 0.1) is 5.92 Å². The quantitative estimate of drug-likeness (QED) is 0.503. The van der Waals surface area contributed by atoms with Gasteiger partial charge in [-0.3, -0.25) is 14.8 Å². The first-order valence-corrected chi connectivity index (χ1v) is 3.67. The van der Waals surface area contributed by atoms with Crippen LogP contribution >= 0.6 is 0 Å². The normalized spacial score (nSPS) is 28.9. The lowest BCUT2D eigenvalue weighted by Crippen LogP contribution is -2.42. The van der Waals surface area contributed by atoms with Gasteiger partial charge in [0.15, 0.2) is 0 Å². The highest BCUT2D eigenvalue weighted by Gasteiger charge is 2.27. The fourth-order valence-corrected chi connectivity index (χ4v) is 1.35. The highest BCUT2D eigenvalue weighted by molar-refractivity contribution is 6.09. The van der Waals surface area contributed by atoms with E-state index in [-0.39, 0.29) is 11.8 Å². The Kier molecular flexibility index (Phi) is 1.45. The van der Waals surface area contributed by atoms with Crippen molar-refractivity contribution in [1.82, 2.24) is 5.32 Å². The predicted molar refractivity (Wildman–Crippen MR) is 41.9 cm³/mol. The molecule has 0 radical (unpaired) electrons. The molecular weight excluding hydrogens is 142 g/mol. The summed E-state index contributed by atoms with van der Waals surface area (Å²) >= 11 is 0. The zero-order valence-electron chi connectivity index (χ0n) is 6.08. The first-order chi connectivity index (χ1) is 5.38. The first kappa shape index (κ1) is 6.52. The summed E-state index contributed by atoms with van der Waals surface area (Å²) in [7, 11) is 0. The number of fused-ring (bicyclic) bond motifs is 1. The van der Waals surface area contributed by atoms with Crippen LogP contribution in [0.25, 0.3) is 0 Å². The van der Waals surface area contributed by atoms with Gasteiger partial charge < -0.3 is 5.32 Å². The number of nitrogens with one attached hydrogen (secondary N) is 1. The van der Waals surface area contributed by atoms with Gasteiger partial charge in [-0.1, -0.05) is 0 Å². The lowest BCUT2D eigenvalue weighted by molar-refractivity contribution is -0.123. The van der Waals surface area contributed by atoms with Crippen LogP contribution in [0.2, 0.25) is 0 Å². The monoisotopic (exact) mass is 151 g/mol. The number of rotatable bonds is 0. The number of hydrogen-bond acceptors (Lipinski definition) is 3. The van der Waals surface area contributed by atoms with Crippen LogP contribution in [-0.2, 0) is 4.79 Å². The predicted octanol–water partition coefficient (Wildman–Crippen LogP) is -0.395. The molecule has 11 heavy (non-hydrogen) atoms. The Bertz CT molecular complexity index is 244. The Morgan fingerprint density at radius 3 is 3.36 bits per heavy atom. The molecule has 1 unspecified atom stereocenters. The third-order valence-electron chi connectivity index (χ3n) is 1.98. The zero-order valence-corrected chi connectivity index (χ0v) is 6.08. The van der Waals surface area contributed by atoms with E-state index in [2.05, 4.69) is 15.3 Å². The van der Waals surface area contributed by atoms with E-state index in [1.54, 1.807) is 6.21 Å². The molecule has 0 fully saturated rings. The van der Waals surface area contributed by atoms with Crippen molar-refractivity contribution in [3.63, 3.8) is 0 Å². The second-order valence-corrected chi connectivity index (χ2v) is 2.66. The maximum Gasteiger partial charge on any atom is 0.230 e. The molecular formula is C7H9N3O. The van der Waals surface area contributed by atoms with Gasteiger partial charge in [0.1, 0.15) is 6.67 Å². The van der Waals surface area contributed by atoms with Crippen LogP contribution in [0.15, 0.2) is 9.98 Å². The fourth-order valence-electron chi connectivity index (χ4n) is 1.35. The van der Waals surface area contributed by atoms with Crippen LogP contribution in [0.4, 0.5) is 0 Å². The highest BCUT2D eigenvalue weighted by Crippen LogP contribution is 2.12. The van der Waals surface area contributed by atoms with Gasteiger partial charge in [-0.25, -0.2) is 0 Å². The molecule has 2 aliphatic heterocycles. The second kappa shape index (κ2) is 2.45. The third-order valence-corrected chi connectivity index (χ3v) is 1.98. The third kappa shape index (κ3) is 1.04. The van der Waals surface area contributed by atoms with E-state index >= 15 is 0 Å². The van der Waals surface area contributed by atoms with E-state index in [4.69, 9.17) is 0 Å². The summed E-state index contributed by atoms with van der Waals surface area (Å²) in [4.78, 5) is 19.4. The van der Waals surface area contributed by atoms with Gasteiger partial charge in [-0.15, -0.1) is 0 Å². The van der Waals surface area contributed by atoms with E-state index in [0.717, 1.165) is 5.71 Å². The SMILES string of the molecule is O=C1NCN=C2CN=CCC12. The van der Waals surface area contributed by atoms with Gasteiger partial charge in [-0.2, -0.15) is 0 Å². The maximum absolute atomic E-state index is 11.2. The summed E-state index contributed by atoms with van der Waals surface area (Å²) in [5.41, 5.74) is 0.941. The van der Waals surface area contributed by atoms with Crippen molar-refractivity contribution in [3.8, 4) is 0 Å². The van der Waals surface area contributed by atoms with Crippen LogP contribution in [0.3, 0.4) is 0 Å². The fraction of sp³-hybridized carbons (Fsp3) is 0.571. The van der Waals surface area contributed by atoms with E-state index in [1.165, 1.54) is 0 Å². The second-order valence-electron chi connectivity index (χ2n) is 2.66. The van der Waals surface area contributed by atoms with Crippen LogP contribution < -0.4 is 5.32 Å². The number of carbonyl (C=O) groups excluding carboxylic acids is 1. The van der Waals surface area contributed by atoms with E-state index in [9.17, 15) is 4.79 Å². The Labute approximate surface area is 64.4 Å². The van der Waals surface area contributed by atoms with E-state index in [1.807, 2.05) is 0 Å². The lowest BCUT2D eigenvalue weighted by Gasteiger charge is -2.22. The summed E-state index contributed by atoms with van der Waals surface area (Å²) in [6.45, 7) is 1.04. The van der Waals surface area contributed by atoms with Crippen LogP contribution in [-0.4, -0.2) is 31.0 Å². The standard InChI is InChI=1S/C7H9N3O/c11-7-5-1-2-8-3-6(5)9-4-10-7/h2,5H,1,3-4H2,(H,10,11). The van der Waals surface area contributed by atoms with Crippen molar-refractivity contribution in [2.75, 3.05) is 13.2 Å². The molecule has 0 aromatic carbocycles. The summed E-state index contributed by atoms with van der Waals surface area (Å²) in [6.07, 6.45) is 2.51. The van der Waals surface area contributed by atoms with Gasteiger partial charge >= 0.3 is 0 Å². The summed E-state index contributed by atoms with van der Waals surface area (Å²) in [5, 5.41) is 2.69. The molecule has 0 aliphatic carbocycles. The number of amides is 1.